The molecule has 4 nitrogen and oxygen atoms in total. The van der Waals surface area contributed by atoms with Gasteiger partial charge < -0.3 is 10.8 Å². The Hall–Kier alpha value is -1.39. The van der Waals surface area contributed by atoms with E-state index >= 15 is 0 Å². The Kier molecular flexibility index (Phi) is 3.22. The van der Waals surface area contributed by atoms with Crippen LogP contribution in [-0.4, -0.2) is 35.6 Å². The van der Waals surface area contributed by atoms with Gasteiger partial charge in [-0.05, 0) is 17.5 Å². The number of rotatable bonds is 3. The Morgan fingerprint density at radius 2 is 2.25 bits per heavy atom. The third-order valence-corrected chi connectivity index (χ3v) is 3.03. The molecule has 0 aromatic heterocycles. The fourth-order valence-electron chi connectivity index (χ4n) is 2.31. The van der Waals surface area contributed by atoms with Crippen molar-refractivity contribution in [1.82, 2.24) is 4.90 Å². The maximum absolute atomic E-state index is 11.3. The molecule has 1 unspecified atom stereocenters. The maximum atomic E-state index is 11.3. The molecule has 86 valence electrons. The number of hydrogen-bond donors (Lipinski definition) is 2. The van der Waals surface area contributed by atoms with Gasteiger partial charge in [0, 0.05) is 19.6 Å². The molecule has 16 heavy (non-hydrogen) atoms. The fraction of sp³-hybridized carbons (Fsp3) is 0.417. The SMILES string of the molecule is NCCN1CCc2ccccc2C1C(=O)O. The van der Waals surface area contributed by atoms with Crippen LogP contribution in [0.3, 0.4) is 0 Å². The van der Waals surface area contributed by atoms with Crippen LogP contribution in [-0.2, 0) is 11.2 Å². The fourth-order valence-corrected chi connectivity index (χ4v) is 2.31. The standard InChI is InChI=1S/C12H16N2O2/c13-6-8-14-7-5-9-3-1-2-4-10(9)11(14)12(15)16/h1-4,11H,5-8,13H2,(H,15,16). The molecule has 0 saturated carbocycles. The predicted molar refractivity (Wildman–Crippen MR) is 61.2 cm³/mol. The van der Waals surface area contributed by atoms with Crippen molar-refractivity contribution in [1.29, 1.82) is 0 Å². The summed E-state index contributed by atoms with van der Waals surface area (Å²) >= 11 is 0. The predicted octanol–water partition coefficient (Wildman–Crippen LogP) is 0.629. The average molecular weight is 220 g/mol. The molecule has 1 heterocycles. The molecule has 0 radical (unpaired) electrons. The first-order valence-corrected chi connectivity index (χ1v) is 5.48. The third kappa shape index (κ3) is 1.94. The van der Waals surface area contributed by atoms with Gasteiger partial charge in [-0.2, -0.15) is 0 Å². The van der Waals surface area contributed by atoms with Gasteiger partial charge in [0.25, 0.3) is 0 Å². The Balaban J connectivity index is 2.35. The Bertz CT molecular complexity index is 392. The van der Waals surface area contributed by atoms with Crippen LogP contribution in [0, 0.1) is 0 Å². The van der Waals surface area contributed by atoms with Gasteiger partial charge in [0.2, 0.25) is 0 Å². The van der Waals surface area contributed by atoms with Crippen molar-refractivity contribution in [2.24, 2.45) is 5.73 Å². The number of nitrogens with zero attached hydrogens (tertiary/aromatic N) is 1. The zero-order valence-electron chi connectivity index (χ0n) is 9.10. The molecule has 2 rings (SSSR count). The number of aliphatic carboxylic acids is 1. The van der Waals surface area contributed by atoms with Gasteiger partial charge in [0.1, 0.15) is 6.04 Å². The van der Waals surface area contributed by atoms with Gasteiger partial charge in [0.05, 0.1) is 0 Å². The maximum Gasteiger partial charge on any atom is 0.325 e. The summed E-state index contributed by atoms with van der Waals surface area (Å²) in [4.78, 5) is 13.3. The first kappa shape index (κ1) is 11.1. The molecule has 0 bridgehead atoms. The number of benzene rings is 1. The van der Waals surface area contributed by atoms with Crippen LogP contribution in [0.15, 0.2) is 24.3 Å². The minimum atomic E-state index is -0.791. The van der Waals surface area contributed by atoms with Crippen molar-refractivity contribution in [2.75, 3.05) is 19.6 Å². The zero-order valence-corrected chi connectivity index (χ0v) is 9.10. The molecule has 0 saturated heterocycles. The monoisotopic (exact) mass is 220 g/mol. The quantitative estimate of drug-likeness (QED) is 0.784. The van der Waals surface area contributed by atoms with Crippen molar-refractivity contribution < 1.29 is 9.90 Å². The van der Waals surface area contributed by atoms with E-state index in [-0.39, 0.29) is 0 Å². The summed E-state index contributed by atoms with van der Waals surface area (Å²) < 4.78 is 0. The van der Waals surface area contributed by atoms with Crippen LogP contribution >= 0.6 is 0 Å². The highest BCUT2D eigenvalue weighted by Gasteiger charge is 2.31. The van der Waals surface area contributed by atoms with Gasteiger partial charge in [-0.15, -0.1) is 0 Å². The number of fused-ring (bicyclic) bond motifs is 1. The molecule has 0 spiro atoms. The molecule has 3 N–H and O–H groups in total. The number of carboxylic acids is 1. The summed E-state index contributed by atoms with van der Waals surface area (Å²) in [5.74, 6) is -0.791. The van der Waals surface area contributed by atoms with Gasteiger partial charge in [0.15, 0.2) is 0 Å². The van der Waals surface area contributed by atoms with Crippen molar-refractivity contribution in [2.45, 2.75) is 12.5 Å². The van der Waals surface area contributed by atoms with Crippen LogP contribution in [0.25, 0.3) is 0 Å². The lowest BCUT2D eigenvalue weighted by molar-refractivity contribution is -0.144. The van der Waals surface area contributed by atoms with Crippen LogP contribution in [0.1, 0.15) is 17.2 Å². The van der Waals surface area contributed by atoms with Crippen LogP contribution in [0.2, 0.25) is 0 Å². The third-order valence-electron chi connectivity index (χ3n) is 3.03. The van der Waals surface area contributed by atoms with Gasteiger partial charge >= 0.3 is 5.97 Å². The van der Waals surface area contributed by atoms with Gasteiger partial charge in [-0.3, -0.25) is 9.69 Å². The lowest BCUT2D eigenvalue weighted by Crippen LogP contribution is -2.42. The van der Waals surface area contributed by atoms with Gasteiger partial charge in [-0.1, -0.05) is 24.3 Å². The summed E-state index contributed by atoms with van der Waals surface area (Å²) in [7, 11) is 0. The molecule has 1 aliphatic rings. The van der Waals surface area contributed by atoms with E-state index in [0.29, 0.717) is 13.1 Å². The summed E-state index contributed by atoms with van der Waals surface area (Å²) in [6.07, 6.45) is 0.903. The molecular weight excluding hydrogens is 204 g/mol. The van der Waals surface area contributed by atoms with E-state index in [9.17, 15) is 9.90 Å². The highest BCUT2D eigenvalue weighted by molar-refractivity contribution is 5.76. The highest BCUT2D eigenvalue weighted by Crippen LogP contribution is 2.29. The van der Waals surface area contributed by atoms with E-state index in [0.717, 1.165) is 24.1 Å². The van der Waals surface area contributed by atoms with Crippen LogP contribution in [0.5, 0.6) is 0 Å². The number of carboxylic acid groups (broad SMARTS) is 1. The van der Waals surface area contributed by atoms with E-state index in [1.165, 1.54) is 0 Å². The second-order valence-corrected chi connectivity index (χ2v) is 4.01. The smallest absolute Gasteiger partial charge is 0.325 e. The number of hydrogen-bond acceptors (Lipinski definition) is 3. The minimum absolute atomic E-state index is 0.492. The second kappa shape index (κ2) is 4.63. The number of nitrogens with two attached hydrogens (primary N) is 1. The topological polar surface area (TPSA) is 66.6 Å². The van der Waals surface area contributed by atoms with E-state index in [1.807, 2.05) is 29.2 Å². The lowest BCUT2D eigenvalue weighted by atomic mass is 9.92. The lowest BCUT2D eigenvalue weighted by Gasteiger charge is -2.34. The largest absolute Gasteiger partial charge is 0.480 e. The molecule has 0 amide bonds. The average Bonchev–Trinajstić information content (AvgIpc) is 2.28. The number of carbonyl (C=O) groups is 1. The molecule has 4 heteroatoms. The van der Waals surface area contributed by atoms with E-state index in [4.69, 9.17) is 5.73 Å². The molecule has 1 aromatic carbocycles. The molecule has 0 fully saturated rings. The van der Waals surface area contributed by atoms with E-state index < -0.39 is 12.0 Å². The summed E-state index contributed by atoms with van der Waals surface area (Å²) in [6.45, 7) is 1.89. The Morgan fingerprint density at radius 3 is 2.94 bits per heavy atom. The molecular formula is C12H16N2O2. The van der Waals surface area contributed by atoms with Crippen molar-refractivity contribution >= 4 is 5.97 Å². The van der Waals surface area contributed by atoms with Crippen molar-refractivity contribution in [3.63, 3.8) is 0 Å². The summed E-state index contributed by atoms with van der Waals surface area (Å²) in [6, 6.07) is 7.22. The molecule has 1 aromatic rings. The van der Waals surface area contributed by atoms with E-state index in [2.05, 4.69) is 0 Å². The Morgan fingerprint density at radius 1 is 1.50 bits per heavy atom. The van der Waals surface area contributed by atoms with Gasteiger partial charge in [-0.25, -0.2) is 0 Å². The van der Waals surface area contributed by atoms with Crippen LogP contribution in [0.4, 0.5) is 0 Å². The summed E-state index contributed by atoms with van der Waals surface area (Å²) in [5.41, 5.74) is 7.56. The van der Waals surface area contributed by atoms with Crippen molar-refractivity contribution in [3.8, 4) is 0 Å². The molecule has 1 aliphatic heterocycles. The molecule has 1 atom stereocenters. The Labute approximate surface area is 94.7 Å². The van der Waals surface area contributed by atoms with Crippen molar-refractivity contribution in [3.05, 3.63) is 35.4 Å². The zero-order chi connectivity index (χ0) is 11.5. The minimum Gasteiger partial charge on any atom is -0.480 e. The summed E-state index contributed by atoms with van der Waals surface area (Å²) in [5, 5.41) is 9.30. The normalized spacial score (nSPS) is 20.4. The molecule has 0 aliphatic carbocycles. The van der Waals surface area contributed by atoms with E-state index in [1.54, 1.807) is 0 Å². The first-order chi connectivity index (χ1) is 7.74. The second-order valence-electron chi connectivity index (χ2n) is 4.01. The van der Waals surface area contributed by atoms with Crippen LogP contribution < -0.4 is 5.73 Å². The highest BCUT2D eigenvalue weighted by atomic mass is 16.4. The first-order valence-electron chi connectivity index (χ1n) is 5.48.